The Morgan fingerprint density at radius 1 is 1.07 bits per heavy atom. The summed E-state index contributed by atoms with van der Waals surface area (Å²) in [5, 5.41) is 9.39. The number of hydrogen-bond acceptors (Lipinski definition) is 6. The Hall–Kier alpha value is -3.67. The highest BCUT2D eigenvalue weighted by Gasteiger charge is 2.36. The third-order valence-electron chi connectivity index (χ3n) is 6.15. The zero-order chi connectivity index (χ0) is 29.1. The van der Waals surface area contributed by atoms with E-state index in [1.54, 1.807) is 62.9 Å². The van der Waals surface area contributed by atoms with Crippen molar-refractivity contribution in [3.05, 3.63) is 71.5 Å². The number of ether oxygens (including phenoxy) is 1. The third-order valence-corrected chi connectivity index (χ3v) is 7.18. The highest BCUT2D eigenvalue weighted by Crippen LogP contribution is 2.32. The summed E-state index contributed by atoms with van der Waals surface area (Å²) in [6.45, 7) is 6.22. The lowest BCUT2D eigenvalue weighted by atomic mass is 10.2. The van der Waals surface area contributed by atoms with Gasteiger partial charge in [0.2, 0.25) is 0 Å². The minimum Gasteiger partial charge on any atom is -0.444 e. The Morgan fingerprint density at radius 3 is 2.45 bits per heavy atom. The van der Waals surface area contributed by atoms with Crippen LogP contribution in [0.25, 0.3) is 5.69 Å². The lowest BCUT2D eigenvalue weighted by Gasteiger charge is -2.25. The first-order valence-corrected chi connectivity index (χ1v) is 14.1. The van der Waals surface area contributed by atoms with E-state index < -0.39 is 29.5 Å². The van der Waals surface area contributed by atoms with Gasteiger partial charge in [0.1, 0.15) is 11.3 Å². The Bertz CT molecular complexity index is 1350. The molecule has 1 unspecified atom stereocenters. The number of carbonyl (C=O) groups excluding carboxylic acids is 2. The fraction of sp³-hybridized carbons (Fsp3) is 0.393. The molecular weight excluding hydrogens is 543 g/mol. The van der Waals surface area contributed by atoms with E-state index in [0.717, 1.165) is 35.8 Å². The molecule has 1 saturated heterocycles. The Balaban J connectivity index is 1.55. The monoisotopic (exact) mass is 575 g/mol. The van der Waals surface area contributed by atoms with Gasteiger partial charge < -0.3 is 20.3 Å². The molecule has 2 amide bonds. The maximum absolute atomic E-state index is 13.6. The molecule has 214 valence electrons. The van der Waals surface area contributed by atoms with E-state index in [1.807, 2.05) is 12.1 Å². The number of nitrogens with one attached hydrogen (secondary N) is 2. The van der Waals surface area contributed by atoms with Crippen molar-refractivity contribution in [3.63, 3.8) is 0 Å². The lowest BCUT2D eigenvalue weighted by Crippen LogP contribution is -2.32. The number of aromatic nitrogens is 2. The van der Waals surface area contributed by atoms with Crippen molar-refractivity contribution in [2.45, 2.75) is 57.3 Å². The molecule has 3 aromatic rings. The van der Waals surface area contributed by atoms with Gasteiger partial charge >= 0.3 is 12.3 Å². The highest BCUT2D eigenvalue weighted by atomic mass is 32.2. The number of rotatable bonds is 7. The van der Waals surface area contributed by atoms with Gasteiger partial charge in [0.05, 0.1) is 11.1 Å². The van der Waals surface area contributed by atoms with Crippen LogP contribution in [-0.4, -0.2) is 45.6 Å². The van der Waals surface area contributed by atoms with Crippen molar-refractivity contribution in [1.82, 2.24) is 15.1 Å². The normalized spacial score (nSPS) is 15.7. The lowest BCUT2D eigenvalue weighted by molar-refractivity contribution is -0.141. The predicted octanol–water partition coefficient (Wildman–Crippen LogP) is 6.46. The molecule has 1 fully saturated rings. The molecule has 1 aliphatic heterocycles. The fourth-order valence-corrected chi connectivity index (χ4v) is 5.26. The van der Waals surface area contributed by atoms with Gasteiger partial charge in [-0.15, -0.1) is 11.8 Å². The van der Waals surface area contributed by atoms with Crippen LogP contribution < -0.4 is 15.5 Å². The molecule has 1 aromatic heterocycles. The molecule has 40 heavy (non-hydrogen) atoms. The number of anilines is 2. The van der Waals surface area contributed by atoms with E-state index in [4.69, 9.17) is 4.74 Å². The van der Waals surface area contributed by atoms with Gasteiger partial charge in [-0.1, -0.05) is 12.1 Å². The van der Waals surface area contributed by atoms with Crippen LogP contribution >= 0.6 is 11.8 Å². The number of benzene rings is 2. The van der Waals surface area contributed by atoms with Crippen molar-refractivity contribution in [3.8, 4) is 5.69 Å². The molecule has 0 aliphatic carbocycles. The van der Waals surface area contributed by atoms with E-state index in [-0.39, 0.29) is 17.9 Å². The Labute approximate surface area is 235 Å². The van der Waals surface area contributed by atoms with E-state index in [0.29, 0.717) is 16.6 Å². The van der Waals surface area contributed by atoms with E-state index in [1.165, 1.54) is 6.07 Å². The zero-order valence-electron chi connectivity index (χ0n) is 22.7. The summed E-state index contributed by atoms with van der Waals surface area (Å²) in [6, 6.07) is 14.4. The number of carbonyl (C=O) groups is 2. The van der Waals surface area contributed by atoms with Crippen LogP contribution in [0.1, 0.15) is 55.4 Å². The van der Waals surface area contributed by atoms with Crippen LogP contribution in [0.15, 0.2) is 54.6 Å². The molecule has 1 atom stereocenters. The maximum Gasteiger partial charge on any atom is 0.435 e. The van der Waals surface area contributed by atoms with Crippen molar-refractivity contribution < 1.29 is 27.5 Å². The van der Waals surface area contributed by atoms with Gasteiger partial charge in [0, 0.05) is 30.5 Å². The minimum atomic E-state index is -4.75. The fourth-order valence-electron chi connectivity index (χ4n) is 4.37. The number of hydrogen-bond donors (Lipinski definition) is 2. The number of thioether (sulfide) groups is 1. The first kappa shape index (κ1) is 29.3. The molecule has 0 radical (unpaired) electrons. The van der Waals surface area contributed by atoms with Crippen molar-refractivity contribution in [2.24, 2.45) is 0 Å². The quantitative estimate of drug-likeness (QED) is 0.336. The first-order chi connectivity index (χ1) is 18.8. The summed E-state index contributed by atoms with van der Waals surface area (Å²) < 4.78 is 46.9. The Morgan fingerprint density at radius 2 is 1.80 bits per heavy atom. The van der Waals surface area contributed by atoms with Crippen LogP contribution in [-0.2, 0) is 17.5 Å². The predicted molar refractivity (Wildman–Crippen MR) is 150 cm³/mol. The molecular formula is C28H32F3N5O3S. The van der Waals surface area contributed by atoms with Gasteiger partial charge in [0.15, 0.2) is 5.69 Å². The van der Waals surface area contributed by atoms with Gasteiger partial charge in [-0.25, -0.2) is 9.48 Å². The summed E-state index contributed by atoms with van der Waals surface area (Å²) in [5.74, 6) is -0.740. The Kier molecular flexibility index (Phi) is 8.67. The number of alkyl carbamates (subject to hydrolysis) is 1. The highest BCUT2D eigenvalue weighted by molar-refractivity contribution is 7.99. The average Bonchev–Trinajstić information content (AvgIpc) is 3.55. The molecule has 12 heteroatoms. The smallest absolute Gasteiger partial charge is 0.435 e. The second-order valence-electron chi connectivity index (χ2n) is 10.4. The number of halogens is 3. The van der Waals surface area contributed by atoms with Crippen LogP contribution in [0.2, 0.25) is 0 Å². The van der Waals surface area contributed by atoms with E-state index in [9.17, 15) is 22.8 Å². The summed E-state index contributed by atoms with van der Waals surface area (Å²) >= 11 is 1.79. The van der Waals surface area contributed by atoms with E-state index >= 15 is 0 Å². The second-order valence-corrected chi connectivity index (χ2v) is 11.4. The summed E-state index contributed by atoms with van der Waals surface area (Å²) in [7, 11) is 0. The molecule has 2 N–H and O–H groups in total. The molecule has 4 rings (SSSR count). The topological polar surface area (TPSA) is 88.5 Å². The molecule has 0 bridgehead atoms. The molecule has 0 spiro atoms. The van der Waals surface area contributed by atoms with E-state index in [2.05, 4.69) is 26.9 Å². The summed E-state index contributed by atoms with van der Waals surface area (Å²) in [6.07, 6.45) is -1.10. The number of nitrogens with zero attached hydrogens (tertiary/aromatic N) is 3. The summed E-state index contributed by atoms with van der Waals surface area (Å²) in [4.78, 5) is 27.5. The van der Waals surface area contributed by atoms with Crippen molar-refractivity contribution >= 4 is 35.1 Å². The van der Waals surface area contributed by atoms with Gasteiger partial charge in [-0.3, -0.25) is 4.79 Å². The van der Waals surface area contributed by atoms with Crippen LogP contribution in [0.5, 0.6) is 0 Å². The molecule has 8 nitrogen and oxygen atoms in total. The van der Waals surface area contributed by atoms with Crippen LogP contribution in [0, 0.1) is 0 Å². The van der Waals surface area contributed by atoms with Gasteiger partial charge in [-0.2, -0.15) is 18.3 Å². The minimum absolute atomic E-state index is 0.0679. The van der Waals surface area contributed by atoms with Crippen molar-refractivity contribution in [1.29, 1.82) is 0 Å². The van der Waals surface area contributed by atoms with Gasteiger partial charge in [-0.05, 0) is 81.8 Å². The van der Waals surface area contributed by atoms with Crippen LogP contribution in [0.4, 0.5) is 29.3 Å². The standard InChI is InChI=1S/C28H32F3N5O3S/c1-27(2,3)39-26(38)32-17-18-7-5-8-21(15-18)36-22(16-23(34-36)28(29,30)31)25(37)33-19-10-12-20(13-11-19)35-14-6-9-24(35)40-4/h5,7-8,10-13,15-16,24H,6,9,14,17H2,1-4H3,(H,32,38)(H,33,37). The summed E-state index contributed by atoms with van der Waals surface area (Å²) in [5.41, 5.74) is 0.138. The van der Waals surface area contributed by atoms with Crippen molar-refractivity contribution in [2.75, 3.05) is 23.0 Å². The zero-order valence-corrected chi connectivity index (χ0v) is 23.5. The number of alkyl halides is 3. The number of amides is 2. The average molecular weight is 576 g/mol. The maximum atomic E-state index is 13.6. The molecule has 1 aliphatic rings. The third kappa shape index (κ3) is 7.29. The largest absolute Gasteiger partial charge is 0.444 e. The molecule has 2 heterocycles. The molecule has 0 saturated carbocycles. The first-order valence-electron chi connectivity index (χ1n) is 12.8. The van der Waals surface area contributed by atoms with Gasteiger partial charge in [0.25, 0.3) is 5.91 Å². The van der Waals surface area contributed by atoms with Crippen LogP contribution in [0.3, 0.4) is 0 Å². The second kappa shape index (κ2) is 11.8. The SMILES string of the molecule is CSC1CCCN1c1ccc(NC(=O)c2cc(C(F)(F)F)nn2-c2cccc(CNC(=O)OC(C)(C)C)c2)cc1. The molecule has 2 aromatic carbocycles.